The number of carboxylic acid groups (broad SMARTS) is 1. The minimum atomic E-state index is -1.08. The summed E-state index contributed by atoms with van der Waals surface area (Å²) in [7, 11) is 2.98. The molecule has 0 spiro atoms. The van der Waals surface area contributed by atoms with E-state index in [-0.39, 0.29) is 12.1 Å². The van der Waals surface area contributed by atoms with Gasteiger partial charge in [-0.25, -0.2) is 4.79 Å². The van der Waals surface area contributed by atoms with Crippen molar-refractivity contribution in [3.63, 3.8) is 0 Å². The van der Waals surface area contributed by atoms with E-state index in [0.29, 0.717) is 22.0 Å². The van der Waals surface area contributed by atoms with Gasteiger partial charge in [-0.1, -0.05) is 18.2 Å². The van der Waals surface area contributed by atoms with Crippen LogP contribution >= 0.6 is 11.8 Å². The molecule has 25 heavy (non-hydrogen) atoms. The van der Waals surface area contributed by atoms with E-state index >= 15 is 0 Å². The zero-order valence-electron chi connectivity index (χ0n) is 13.7. The molecule has 0 saturated carbocycles. The molecule has 2 rings (SSSR count). The van der Waals surface area contributed by atoms with Crippen molar-refractivity contribution < 1.29 is 24.3 Å². The van der Waals surface area contributed by atoms with Gasteiger partial charge in [0.1, 0.15) is 16.7 Å². The zero-order chi connectivity index (χ0) is 18.4. The van der Waals surface area contributed by atoms with Crippen molar-refractivity contribution in [2.24, 2.45) is 0 Å². The van der Waals surface area contributed by atoms with Crippen molar-refractivity contribution in [3.05, 3.63) is 63.7 Å². The number of hydrogen-bond donors (Lipinski definition) is 1. The van der Waals surface area contributed by atoms with Crippen LogP contribution in [0.15, 0.2) is 47.4 Å². The summed E-state index contributed by atoms with van der Waals surface area (Å²) in [5.41, 5.74) is 0.707. The average molecular weight is 363 g/mol. The van der Waals surface area contributed by atoms with Crippen molar-refractivity contribution in [1.82, 2.24) is 0 Å². The third-order valence-corrected chi connectivity index (χ3v) is 4.79. The zero-order valence-corrected chi connectivity index (χ0v) is 14.5. The third kappa shape index (κ3) is 4.63. The number of thioether (sulfide) groups is 1. The maximum Gasteiger partial charge on any atom is 0.336 e. The van der Waals surface area contributed by atoms with Crippen molar-refractivity contribution >= 4 is 17.7 Å². The SMILES string of the molecule is COc1ccc([C@H](C[N+](=O)[O-])Sc2ccccc2C(=O)O)c(OC)c1. The van der Waals surface area contributed by atoms with E-state index in [9.17, 15) is 20.0 Å². The van der Waals surface area contributed by atoms with Crippen molar-refractivity contribution in [3.8, 4) is 11.5 Å². The molecular weight excluding hydrogens is 346 g/mol. The fourth-order valence-corrected chi connectivity index (χ4v) is 3.58. The standard InChI is InChI=1S/C17H17NO6S/c1-23-11-7-8-12(14(9-11)24-2)16(10-18(21)22)25-15-6-4-3-5-13(15)17(19)20/h3-9,16H,10H2,1-2H3,(H,19,20)/t16-/m0/s1. The first kappa shape index (κ1) is 18.6. The molecule has 0 unspecified atom stereocenters. The third-order valence-electron chi connectivity index (χ3n) is 3.49. The molecule has 0 aliphatic carbocycles. The fraction of sp³-hybridized carbons (Fsp3) is 0.235. The maximum absolute atomic E-state index is 11.4. The van der Waals surface area contributed by atoms with E-state index < -0.39 is 16.1 Å². The molecule has 2 aromatic carbocycles. The minimum Gasteiger partial charge on any atom is -0.497 e. The molecule has 0 saturated heterocycles. The first-order chi connectivity index (χ1) is 12.0. The number of carbonyl (C=O) groups is 1. The number of methoxy groups -OCH3 is 2. The van der Waals surface area contributed by atoms with Gasteiger partial charge in [0.25, 0.3) is 0 Å². The lowest BCUT2D eigenvalue weighted by atomic mass is 10.1. The topological polar surface area (TPSA) is 98.9 Å². The highest BCUT2D eigenvalue weighted by Crippen LogP contribution is 2.41. The minimum absolute atomic E-state index is 0.105. The van der Waals surface area contributed by atoms with Crippen LogP contribution in [0.4, 0.5) is 0 Å². The highest BCUT2D eigenvalue weighted by molar-refractivity contribution is 7.99. The highest BCUT2D eigenvalue weighted by Gasteiger charge is 2.25. The Morgan fingerprint density at radius 3 is 2.56 bits per heavy atom. The maximum atomic E-state index is 11.4. The molecule has 1 atom stereocenters. The van der Waals surface area contributed by atoms with E-state index in [1.54, 1.807) is 36.4 Å². The van der Waals surface area contributed by atoms with Crippen LogP contribution in [0.2, 0.25) is 0 Å². The predicted octanol–water partition coefficient (Wildman–Crippen LogP) is 3.51. The van der Waals surface area contributed by atoms with Gasteiger partial charge in [-0.3, -0.25) is 10.1 Å². The lowest BCUT2D eigenvalue weighted by Gasteiger charge is -2.18. The highest BCUT2D eigenvalue weighted by atomic mass is 32.2. The van der Waals surface area contributed by atoms with Crippen LogP contribution in [0.5, 0.6) is 11.5 Å². The number of benzene rings is 2. The van der Waals surface area contributed by atoms with Crippen LogP contribution in [-0.2, 0) is 0 Å². The van der Waals surface area contributed by atoms with Crippen molar-refractivity contribution in [1.29, 1.82) is 0 Å². The quantitative estimate of drug-likeness (QED) is 0.435. The van der Waals surface area contributed by atoms with Gasteiger partial charge in [-0.05, 0) is 18.2 Å². The molecule has 1 N–H and O–H groups in total. The van der Waals surface area contributed by atoms with E-state index in [4.69, 9.17) is 9.47 Å². The molecule has 0 bridgehead atoms. The molecule has 0 fully saturated rings. The first-order valence-electron chi connectivity index (χ1n) is 7.29. The molecule has 0 aliphatic heterocycles. The summed E-state index contributed by atoms with van der Waals surface area (Å²) in [5, 5.41) is 19.8. The summed E-state index contributed by atoms with van der Waals surface area (Å²) >= 11 is 1.12. The number of nitrogens with zero attached hydrogens (tertiary/aromatic N) is 1. The lowest BCUT2D eigenvalue weighted by molar-refractivity contribution is -0.479. The molecule has 8 heteroatoms. The Labute approximate surface area is 148 Å². The van der Waals surface area contributed by atoms with Gasteiger partial charge in [-0.2, -0.15) is 0 Å². The summed E-state index contributed by atoms with van der Waals surface area (Å²) in [4.78, 5) is 22.5. The second-order valence-corrected chi connectivity index (χ2v) is 6.28. The summed E-state index contributed by atoms with van der Waals surface area (Å²) in [6.07, 6.45) is 0. The number of aromatic carboxylic acids is 1. The van der Waals surface area contributed by atoms with Crippen LogP contribution in [0.3, 0.4) is 0 Å². The second-order valence-electron chi connectivity index (χ2n) is 5.03. The van der Waals surface area contributed by atoms with Gasteiger partial charge in [0.05, 0.1) is 19.8 Å². The van der Waals surface area contributed by atoms with Crippen molar-refractivity contribution in [2.75, 3.05) is 20.8 Å². The Bertz CT molecular complexity index is 779. The molecule has 2 aromatic rings. The van der Waals surface area contributed by atoms with Crippen LogP contribution in [0.1, 0.15) is 21.2 Å². The summed E-state index contributed by atoms with van der Waals surface area (Å²) in [6.45, 7) is -0.374. The number of ether oxygens (including phenoxy) is 2. The monoisotopic (exact) mass is 363 g/mol. The summed E-state index contributed by atoms with van der Waals surface area (Å²) in [6, 6.07) is 11.5. The van der Waals surface area contributed by atoms with Gasteiger partial charge in [0, 0.05) is 21.4 Å². The Morgan fingerprint density at radius 2 is 1.96 bits per heavy atom. The lowest BCUT2D eigenvalue weighted by Crippen LogP contribution is -2.12. The number of carboxylic acids is 1. The Kier molecular flexibility index (Phi) is 6.24. The average Bonchev–Trinajstić information content (AvgIpc) is 2.60. The number of rotatable bonds is 8. The van der Waals surface area contributed by atoms with Crippen LogP contribution in [-0.4, -0.2) is 36.8 Å². The van der Waals surface area contributed by atoms with Crippen LogP contribution < -0.4 is 9.47 Å². The van der Waals surface area contributed by atoms with Crippen LogP contribution in [0.25, 0.3) is 0 Å². The normalized spacial score (nSPS) is 11.6. The first-order valence-corrected chi connectivity index (χ1v) is 8.17. The van der Waals surface area contributed by atoms with Crippen LogP contribution in [0, 0.1) is 10.1 Å². The second kappa shape index (κ2) is 8.39. The molecule has 0 heterocycles. The molecule has 0 aliphatic rings. The molecule has 0 amide bonds. The molecule has 132 valence electrons. The van der Waals surface area contributed by atoms with E-state index in [1.165, 1.54) is 20.3 Å². The molecule has 0 aromatic heterocycles. The largest absolute Gasteiger partial charge is 0.497 e. The summed E-state index contributed by atoms with van der Waals surface area (Å²) in [5.74, 6) is -0.0625. The molecular formula is C17H17NO6S. The van der Waals surface area contributed by atoms with Gasteiger partial charge < -0.3 is 14.6 Å². The van der Waals surface area contributed by atoms with Gasteiger partial charge in [0.15, 0.2) is 0 Å². The molecule has 0 radical (unpaired) electrons. The van der Waals surface area contributed by atoms with Gasteiger partial charge >= 0.3 is 5.97 Å². The van der Waals surface area contributed by atoms with E-state index in [1.807, 2.05) is 0 Å². The Morgan fingerprint density at radius 1 is 1.24 bits per heavy atom. The van der Waals surface area contributed by atoms with Crippen molar-refractivity contribution in [2.45, 2.75) is 10.1 Å². The van der Waals surface area contributed by atoms with E-state index in [2.05, 4.69) is 0 Å². The Balaban J connectivity index is 2.44. The predicted molar refractivity (Wildman–Crippen MR) is 93.4 cm³/mol. The number of hydrogen-bond acceptors (Lipinski definition) is 6. The number of nitro groups is 1. The van der Waals surface area contributed by atoms with Gasteiger partial charge in [-0.15, -0.1) is 11.8 Å². The summed E-state index contributed by atoms with van der Waals surface area (Å²) < 4.78 is 10.5. The Hall–Kier alpha value is -2.74. The fourth-order valence-electron chi connectivity index (χ4n) is 2.32. The molecule has 7 nitrogen and oxygen atoms in total. The van der Waals surface area contributed by atoms with E-state index in [0.717, 1.165) is 11.8 Å². The smallest absolute Gasteiger partial charge is 0.336 e. The van der Waals surface area contributed by atoms with Gasteiger partial charge in [0.2, 0.25) is 6.54 Å².